The number of aliphatic hydroxyl groups excluding tert-OH is 1. The molecule has 3 nitrogen and oxygen atoms in total. The van der Waals surface area contributed by atoms with E-state index in [9.17, 15) is 5.11 Å². The maximum absolute atomic E-state index is 9.21. The quantitative estimate of drug-likeness (QED) is 0.438. The Bertz CT molecular complexity index is 154. The molecule has 2 bridgehead atoms. The molecule has 1 N–H and O–H groups in total. The Labute approximate surface area is 52.6 Å². The highest BCUT2D eigenvalue weighted by Gasteiger charge is 2.64. The minimum atomic E-state index is -0.251. The zero-order valence-electron chi connectivity index (χ0n) is 4.86. The van der Waals surface area contributed by atoms with Crippen LogP contribution in [-0.2, 0) is 9.47 Å². The van der Waals surface area contributed by atoms with Gasteiger partial charge in [0.1, 0.15) is 18.3 Å². The van der Waals surface area contributed by atoms with E-state index >= 15 is 0 Å². The molecular formula is C6H8O3. The summed E-state index contributed by atoms with van der Waals surface area (Å²) in [5, 5.41) is 9.21. The lowest BCUT2D eigenvalue weighted by atomic mass is 9.98. The molecule has 3 heterocycles. The van der Waals surface area contributed by atoms with Gasteiger partial charge in [0.25, 0.3) is 0 Å². The van der Waals surface area contributed by atoms with Crippen molar-refractivity contribution in [1.82, 2.24) is 0 Å². The second kappa shape index (κ2) is 1.17. The number of fused-ring (bicyclic) bond motifs is 5. The summed E-state index contributed by atoms with van der Waals surface area (Å²) in [6.45, 7) is 0. The minimum Gasteiger partial charge on any atom is -0.390 e. The van der Waals surface area contributed by atoms with E-state index in [1.165, 1.54) is 0 Å². The molecule has 9 heavy (non-hydrogen) atoms. The van der Waals surface area contributed by atoms with Crippen LogP contribution in [0.1, 0.15) is 6.42 Å². The maximum Gasteiger partial charge on any atom is 0.115 e. The molecule has 0 radical (unpaired) electrons. The van der Waals surface area contributed by atoms with Gasteiger partial charge in [-0.25, -0.2) is 0 Å². The van der Waals surface area contributed by atoms with Crippen molar-refractivity contribution in [3.63, 3.8) is 0 Å². The van der Waals surface area contributed by atoms with Gasteiger partial charge in [-0.3, -0.25) is 0 Å². The molecule has 50 valence electrons. The highest BCUT2D eigenvalue weighted by atomic mass is 16.7. The van der Waals surface area contributed by atoms with E-state index in [2.05, 4.69) is 0 Å². The SMILES string of the molecule is O[C@H]1C[C@H]2O[C@@H]1[C@H]1O[C@@H]12. The Hall–Kier alpha value is -0.120. The third kappa shape index (κ3) is 0.407. The number of ether oxygens (including phenoxy) is 2. The van der Waals surface area contributed by atoms with Gasteiger partial charge in [0.2, 0.25) is 0 Å². The Morgan fingerprint density at radius 3 is 2.56 bits per heavy atom. The van der Waals surface area contributed by atoms with Gasteiger partial charge < -0.3 is 14.6 Å². The van der Waals surface area contributed by atoms with Gasteiger partial charge >= 0.3 is 0 Å². The van der Waals surface area contributed by atoms with Crippen LogP contribution in [-0.4, -0.2) is 35.6 Å². The van der Waals surface area contributed by atoms with Gasteiger partial charge in [-0.1, -0.05) is 0 Å². The fourth-order valence-electron chi connectivity index (χ4n) is 1.93. The van der Waals surface area contributed by atoms with E-state index < -0.39 is 0 Å². The molecule has 3 heteroatoms. The van der Waals surface area contributed by atoms with Crippen LogP contribution in [0, 0.1) is 0 Å². The molecule has 0 amide bonds. The number of hydrogen-bond acceptors (Lipinski definition) is 3. The molecule has 0 aliphatic carbocycles. The van der Waals surface area contributed by atoms with Gasteiger partial charge in [-0.15, -0.1) is 0 Å². The Kier molecular flexibility index (Phi) is 0.604. The lowest BCUT2D eigenvalue weighted by molar-refractivity contribution is -0.00705. The van der Waals surface area contributed by atoms with Crippen LogP contribution < -0.4 is 0 Å². The van der Waals surface area contributed by atoms with Crippen molar-refractivity contribution in [2.75, 3.05) is 0 Å². The number of aliphatic hydroxyl groups is 1. The van der Waals surface area contributed by atoms with Gasteiger partial charge in [0, 0.05) is 6.42 Å². The summed E-state index contributed by atoms with van der Waals surface area (Å²) in [7, 11) is 0. The Balaban J connectivity index is 1.96. The topological polar surface area (TPSA) is 42.0 Å². The fourth-order valence-corrected chi connectivity index (χ4v) is 1.93. The maximum atomic E-state index is 9.21. The third-order valence-electron chi connectivity index (χ3n) is 2.44. The number of epoxide rings is 1. The molecule has 0 aromatic carbocycles. The van der Waals surface area contributed by atoms with Crippen LogP contribution in [0.25, 0.3) is 0 Å². The molecule has 3 aliphatic rings. The normalized spacial score (nSPS) is 68.3. The van der Waals surface area contributed by atoms with Gasteiger partial charge in [0.15, 0.2) is 0 Å². The summed E-state index contributed by atoms with van der Waals surface area (Å²) in [5.74, 6) is 0. The number of rotatable bonds is 0. The number of hydrogen-bond donors (Lipinski definition) is 1. The van der Waals surface area contributed by atoms with Crippen molar-refractivity contribution in [1.29, 1.82) is 0 Å². The van der Waals surface area contributed by atoms with Gasteiger partial charge in [-0.2, -0.15) is 0 Å². The second-order valence-electron chi connectivity index (χ2n) is 3.01. The first kappa shape index (κ1) is 4.66. The third-order valence-corrected chi connectivity index (χ3v) is 2.44. The molecule has 3 fully saturated rings. The van der Waals surface area contributed by atoms with Crippen LogP contribution in [0.4, 0.5) is 0 Å². The van der Waals surface area contributed by atoms with Crippen molar-refractivity contribution < 1.29 is 14.6 Å². The average Bonchev–Trinajstić information content (AvgIpc) is 2.46. The van der Waals surface area contributed by atoms with E-state index in [1.807, 2.05) is 0 Å². The molecule has 0 aromatic rings. The van der Waals surface area contributed by atoms with Crippen LogP contribution in [0.5, 0.6) is 0 Å². The van der Waals surface area contributed by atoms with Crippen LogP contribution in [0.2, 0.25) is 0 Å². The van der Waals surface area contributed by atoms with E-state index in [1.54, 1.807) is 0 Å². The lowest BCUT2D eigenvalue weighted by Crippen LogP contribution is -2.28. The summed E-state index contributed by atoms with van der Waals surface area (Å²) in [5.41, 5.74) is 0. The largest absolute Gasteiger partial charge is 0.390 e. The zero-order chi connectivity index (χ0) is 6.01. The first-order chi connectivity index (χ1) is 4.36. The van der Waals surface area contributed by atoms with Crippen LogP contribution in [0.15, 0.2) is 0 Å². The second-order valence-corrected chi connectivity index (χ2v) is 3.01. The molecule has 3 aliphatic heterocycles. The van der Waals surface area contributed by atoms with Crippen molar-refractivity contribution in [2.24, 2.45) is 0 Å². The summed E-state index contributed by atoms with van der Waals surface area (Å²) < 4.78 is 10.6. The van der Waals surface area contributed by atoms with E-state index in [-0.39, 0.29) is 24.4 Å². The van der Waals surface area contributed by atoms with E-state index in [4.69, 9.17) is 9.47 Å². The molecule has 3 rings (SSSR count). The van der Waals surface area contributed by atoms with Gasteiger partial charge in [-0.05, 0) is 0 Å². The molecule has 0 saturated carbocycles. The highest BCUT2D eigenvalue weighted by molar-refractivity contribution is 5.11. The lowest BCUT2D eigenvalue weighted by Gasteiger charge is -2.07. The summed E-state index contributed by atoms with van der Waals surface area (Å²) in [6.07, 6.45) is 1.36. The molecule has 0 unspecified atom stereocenters. The molecule has 0 aromatic heterocycles. The first-order valence-corrected chi connectivity index (χ1v) is 3.35. The predicted octanol–water partition coefficient (Wildman–Crippen LogP) is -0.714. The summed E-state index contributed by atoms with van der Waals surface area (Å²) in [4.78, 5) is 0. The van der Waals surface area contributed by atoms with E-state index in [0.717, 1.165) is 6.42 Å². The summed E-state index contributed by atoms with van der Waals surface area (Å²) in [6, 6.07) is 0. The fraction of sp³-hybridized carbons (Fsp3) is 1.00. The smallest absolute Gasteiger partial charge is 0.115 e. The monoisotopic (exact) mass is 128 g/mol. The first-order valence-electron chi connectivity index (χ1n) is 3.35. The zero-order valence-corrected chi connectivity index (χ0v) is 4.86. The predicted molar refractivity (Wildman–Crippen MR) is 27.9 cm³/mol. The minimum absolute atomic E-state index is 0.0139. The molecule has 5 atom stereocenters. The Morgan fingerprint density at radius 1 is 1.11 bits per heavy atom. The van der Waals surface area contributed by atoms with E-state index in [0.29, 0.717) is 6.10 Å². The van der Waals surface area contributed by atoms with Crippen molar-refractivity contribution in [3.8, 4) is 0 Å². The molecule has 0 spiro atoms. The van der Waals surface area contributed by atoms with Gasteiger partial charge in [0.05, 0.1) is 12.2 Å². The van der Waals surface area contributed by atoms with Crippen molar-refractivity contribution in [3.05, 3.63) is 0 Å². The van der Waals surface area contributed by atoms with Crippen molar-refractivity contribution in [2.45, 2.75) is 36.9 Å². The van der Waals surface area contributed by atoms with Crippen LogP contribution in [0.3, 0.4) is 0 Å². The molecule has 3 saturated heterocycles. The summed E-state index contributed by atoms with van der Waals surface area (Å²) >= 11 is 0. The van der Waals surface area contributed by atoms with Crippen LogP contribution >= 0.6 is 0 Å². The standard InChI is InChI=1S/C6H8O3/c7-2-1-3-5-6(9-5)4(2)8-3/h2-7H,1H2/t2-,3+,4-,5+,6+/m0/s1. The molecular weight excluding hydrogens is 120 g/mol. The Morgan fingerprint density at radius 2 is 2.00 bits per heavy atom. The average molecular weight is 128 g/mol. The van der Waals surface area contributed by atoms with Crippen molar-refractivity contribution >= 4 is 0 Å². The highest BCUT2D eigenvalue weighted by Crippen LogP contribution is 2.47.